The summed E-state index contributed by atoms with van der Waals surface area (Å²) in [6.07, 6.45) is -0.136. The molecule has 0 atom stereocenters. The van der Waals surface area contributed by atoms with Crippen molar-refractivity contribution >= 4 is 33.2 Å². The zero-order valence-corrected chi connectivity index (χ0v) is 18.6. The first-order valence-electron chi connectivity index (χ1n) is 9.49. The zero-order valence-electron chi connectivity index (χ0n) is 17.0. The number of amides is 1. The van der Waals surface area contributed by atoms with Crippen molar-refractivity contribution in [3.05, 3.63) is 47.0 Å². The van der Waals surface area contributed by atoms with E-state index in [9.17, 15) is 22.0 Å². The van der Waals surface area contributed by atoms with Crippen molar-refractivity contribution in [3.8, 4) is 11.5 Å². The molecule has 32 heavy (non-hydrogen) atoms. The highest BCUT2D eigenvalue weighted by molar-refractivity contribution is 7.89. The Morgan fingerprint density at radius 1 is 1.19 bits per heavy atom. The predicted octanol–water partition coefficient (Wildman–Crippen LogP) is 3.15. The van der Waals surface area contributed by atoms with E-state index < -0.39 is 22.5 Å². The number of benzene rings is 2. The molecule has 2 aromatic carbocycles. The highest BCUT2D eigenvalue weighted by Crippen LogP contribution is 2.30. The Kier molecular flexibility index (Phi) is 7.88. The maximum atomic E-state index is 13.1. The van der Waals surface area contributed by atoms with E-state index in [1.165, 1.54) is 41.7 Å². The van der Waals surface area contributed by atoms with Gasteiger partial charge in [-0.3, -0.25) is 4.79 Å². The molecule has 1 aliphatic heterocycles. The molecule has 8 nitrogen and oxygen atoms in total. The number of carbonyl (C=O) groups excluding carboxylic acids is 1. The molecule has 0 spiro atoms. The summed E-state index contributed by atoms with van der Waals surface area (Å²) in [6.45, 7) is -1.98. The minimum atomic E-state index is -3.84. The molecular formula is C20H21ClF2N2O6S. The molecule has 1 aliphatic rings. The van der Waals surface area contributed by atoms with Crippen LogP contribution in [0.4, 0.5) is 14.5 Å². The van der Waals surface area contributed by atoms with Crippen LogP contribution in [0.3, 0.4) is 0 Å². The number of hydrogen-bond acceptors (Lipinski definition) is 6. The van der Waals surface area contributed by atoms with Crippen LogP contribution >= 0.6 is 11.6 Å². The number of alkyl halides is 2. The van der Waals surface area contributed by atoms with Crippen LogP contribution in [0, 0.1) is 0 Å². The Morgan fingerprint density at radius 2 is 1.88 bits per heavy atom. The number of anilines is 1. The van der Waals surface area contributed by atoms with Gasteiger partial charge in [0.25, 0.3) is 0 Å². The molecule has 0 bridgehead atoms. The lowest BCUT2D eigenvalue weighted by Crippen LogP contribution is -2.40. The van der Waals surface area contributed by atoms with Crippen molar-refractivity contribution in [1.29, 1.82) is 0 Å². The third kappa shape index (κ3) is 5.85. The van der Waals surface area contributed by atoms with Gasteiger partial charge in [0.2, 0.25) is 15.9 Å². The molecule has 0 aromatic heterocycles. The van der Waals surface area contributed by atoms with E-state index in [2.05, 4.69) is 10.1 Å². The van der Waals surface area contributed by atoms with Crippen LogP contribution in [0.1, 0.15) is 5.56 Å². The predicted molar refractivity (Wildman–Crippen MR) is 113 cm³/mol. The van der Waals surface area contributed by atoms with Crippen LogP contribution in [-0.4, -0.2) is 58.7 Å². The van der Waals surface area contributed by atoms with E-state index in [4.69, 9.17) is 21.1 Å². The fourth-order valence-electron chi connectivity index (χ4n) is 3.12. The van der Waals surface area contributed by atoms with E-state index in [-0.39, 0.29) is 46.6 Å². The van der Waals surface area contributed by atoms with Gasteiger partial charge in [0.1, 0.15) is 16.4 Å². The number of nitrogens with one attached hydrogen (secondary N) is 1. The number of rotatable bonds is 8. The van der Waals surface area contributed by atoms with E-state index in [0.717, 1.165) is 0 Å². The maximum absolute atomic E-state index is 13.1. The Bertz CT molecular complexity index is 1080. The fourth-order valence-corrected chi connectivity index (χ4v) is 4.96. The monoisotopic (exact) mass is 490 g/mol. The summed E-state index contributed by atoms with van der Waals surface area (Å²) in [5, 5.41) is 2.50. The lowest BCUT2D eigenvalue weighted by atomic mass is 10.1. The molecule has 1 heterocycles. The molecule has 1 saturated heterocycles. The molecule has 0 unspecified atom stereocenters. The Labute approximate surface area is 189 Å². The number of hydrogen-bond donors (Lipinski definition) is 1. The smallest absolute Gasteiger partial charge is 0.387 e. The molecule has 0 aliphatic carbocycles. The molecule has 1 fully saturated rings. The summed E-state index contributed by atoms with van der Waals surface area (Å²) in [7, 11) is -2.47. The number of morpholine rings is 1. The normalized spacial score (nSPS) is 14.9. The zero-order chi connectivity index (χ0) is 23.3. The summed E-state index contributed by atoms with van der Waals surface area (Å²) in [5.74, 6) is -0.502. The van der Waals surface area contributed by atoms with Crippen LogP contribution in [0.15, 0.2) is 41.3 Å². The van der Waals surface area contributed by atoms with E-state index in [1.54, 1.807) is 6.07 Å². The SMILES string of the molecule is COc1ccc(CC(=O)Nc2ccc(OC(F)F)c(Cl)c2)cc1S(=O)(=O)N1CCOCC1. The first-order chi connectivity index (χ1) is 15.2. The summed E-state index contributed by atoms with van der Waals surface area (Å²) in [5.41, 5.74) is 0.718. The van der Waals surface area contributed by atoms with Crippen molar-refractivity contribution in [2.45, 2.75) is 17.9 Å². The molecule has 1 N–H and O–H groups in total. The summed E-state index contributed by atoms with van der Waals surface area (Å²) in [6, 6.07) is 8.33. The Balaban J connectivity index is 1.75. The third-order valence-electron chi connectivity index (χ3n) is 4.61. The van der Waals surface area contributed by atoms with Gasteiger partial charge in [-0.05, 0) is 35.9 Å². The molecule has 12 heteroatoms. The Morgan fingerprint density at radius 3 is 2.50 bits per heavy atom. The summed E-state index contributed by atoms with van der Waals surface area (Å²) in [4.78, 5) is 12.4. The van der Waals surface area contributed by atoms with Gasteiger partial charge in [-0.2, -0.15) is 13.1 Å². The van der Waals surface area contributed by atoms with Crippen molar-refractivity contribution in [3.63, 3.8) is 0 Å². The van der Waals surface area contributed by atoms with Gasteiger partial charge in [-0.1, -0.05) is 17.7 Å². The molecule has 174 valence electrons. The highest BCUT2D eigenvalue weighted by Gasteiger charge is 2.29. The van der Waals surface area contributed by atoms with Gasteiger partial charge in [-0.25, -0.2) is 8.42 Å². The number of carbonyl (C=O) groups is 1. The van der Waals surface area contributed by atoms with Gasteiger partial charge >= 0.3 is 6.61 Å². The van der Waals surface area contributed by atoms with Crippen molar-refractivity contribution in [2.75, 3.05) is 38.7 Å². The van der Waals surface area contributed by atoms with E-state index in [0.29, 0.717) is 18.8 Å². The first-order valence-corrected chi connectivity index (χ1v) is 11.3. The van der Waals surface area contributed by atoms with Crippen LogP contribution in [0.25, 0.3) is 0 Å². The standard InChI is InChI=1S/C20H21ClF2N2O6S/c1-29-17-4-2-13(10-18(17)32(27,28)25-6-8-30-9-7-25)11-19(26)24-14-3-5-16(15(21)12-14)31-20(22)23/h2-5,10,12,20H,6-9,11H2,1H3,(H,24,26). The second-order valence-electron chi connectivity index (χ2n) is 6.75. The van der Waals surface area contributed by atoms with Crippen molar-refractivity contribution < 1.29 is 36.2 Å². The van der Waals surface area contributed by atoms with Crippen molar-refractivity contribution in [1.82, 2.24) is 4.31 Å². The van der Waals surface area contributed by atoms with Gasteiger partial charge in [0.15, 0.2) is 0 Å². The van der Waals surface area contributed by atoms with Crippen LogP contribution in [-0.2, 0) is 26.0 Å². The van der Waals surface area contributed by atoms with Gasteiger partial charge in [-0.15, -0.1) is 0 Å². The quantitative estimate of drug-likeness (QED) is 0.611. The summed E-state index contributed by atoms with van der Waals surface area (Å²) < 4.78 is 66.8. The number of sulfonamides is 1. The van der Waals surface area contributed by atoms with E-state index in [1.807, 2.05) is 0 Å². The first kappa shape index (κ1) is 24.2. The molecule has 1 amide bonds. The highest BCUT2D eigenvalue weighted by atomic mass is 35.5. The van der Waals surface area contributed by atoms with Crippen LogP contribution < -0.4 is 14.8 Å². The minimum absolute atomic E-state index is 0.0382. The molecule has 3 rings (SSSR count). The van der Waals surface area contributed by atoms with Gasteiger partial charge in [0, 0.05) is 18.8 Å². The minimum Gasteiger partial charge on any atom is -0.495 e. The molecular weight excluding hydrogens is 470 g/mol. The lowest BCUT2D eigenvalue weighted by molar-refractivity contribution is -0.115. The fraction of sp³-hybridized carbons (Fsp3) is 0.350. The molecule has 2 aromatic rings. The number of nitrogens with zero attached hydrogens (tertiary/aromatic N) is 1. The lowest BCUT2D eigenvalue weighted by Gasteiger charge is -2.26. The topological polar surface area (TPSA) is 94.2 Å². The van der Waals surface area contributed by atoms with Crippen molar-refractivity contribution in [2.24, 2.45) is 0 Å². The average Bonchev–Trinajstić information content (AvgIpc) is 2.76. The average molecular weight is 491 g/mol. The molecule has 0 radical (unpaired) electrons. The number of ether oxygens (including phenoxy) is 3. The third-order valence-corrected chi connectivity index (χ3v) is 6.83. The second kappa shape index (κ2) is 10.4. The summed E-state index contributed by atoms with van der Waals surface area (Å²) >= 11 is 5.89. The Hall–Kier alpha value is -2.47. The second-order valence-corrected chi connectivity index (χ2v) is 9.06. The van der Waals surface area contributed by atoms with Gasteiger partial charge < -0.3 is 19.5 Å². The maximum Gasteiger partial charge on any atom is 0.387 e. The number of halogens is 3. The number of methoxy groups -OCH3 is 1. The molecule has 0 saturated carbocycles. The van der Waals surface area contributed by atoms with Crippen LogP contribution in [0.2, 0.25) is 5.02 Å². The largest absolute Gasteiger partial charge is 0.495 e. The van der Waals surface area contributed by atoms with Crippen LogP contribution in [0.5, 0.6) is 11.5 Å². The van der Waals surface area contributed by atoms with Gasteiger partial charge in [0.05, 0.1) is 31.8 Å². The van der Waals surface area contributed by atoms with E-state index >= 15 is 0 Å².